The topological polar surface area (TPSA) is 38.9 Å². The van der Waals surface area contributed by atoms with Crippen molar-refractivity contribution >= 4 is 27.5 Å². The first-order chi connectivity index (χ1) is 5.66. The molecule has 1 aromatic heterocycles. The number of rotatable bonds is 2. The molecule has 0 aromatic carbocycles. The summed E-state index contributed by atoms with van der Waals surface area (Å²) in [6.45, 7) is 2.03. The molecule has 66 valence electrons. The molecule has 1 aromatic rings. The Morgan fingerprint density at radius 2 is 2.42 bits per heavy atom. The molecule has 0 fully saturated rings. The summed E-state index contributed by atoms with van der Waals surface area (Å²) >= 11 is 9.15. The lowest BCUT2D eigenvalue weighted by atomic mass is 10.1. The third-order valence-corrected chi connectivity index (χ3v) is 3.06. The second kappa shape index (κ2) is 4.21. The summed E-state index contributed by atoms with van der Waals surface area (Å²) < 4.78 is 0.806. The van der Waals surface area contributed by atoms with Gasteiger partial charge in [-0.05, 0) is 34.0 Å². The van der Waals surface area contributed by atoms with Crippen LogP contribution in [0.15, 0.2) is 16.7 Å². The predicted octanol–water partition coefficient (Wildman–Crippen LogP) is 2.91. The number of hydrogen-bond acceptors (Lipinski definition) is 2. The molecule has 0 bridgehead atoms. The molecule has 0 aliphatic carbocycles. The number of pyridine rings is 1. The van der Waals surface area contributed by atoms with Crippen molar-refractivity contribution in [3.8, 4) is 0 Å². The molecule has 12 heavy (non-hydrogen) atoms. The van der Waals surface area contributed by atoms with Crippen LogP contribution < -0.4 is 5.73 Å². The molecule has 0 saturated carbocycles. The van der Waals surface area contributed by atoms with Crippen molar-refractivity contribution < 1.29 is 0 Å². The summed E-state index contributed by atoms with van der Waals surface area (Å²) in [6, 6.07) is 1.91. The highest BCUT2D eigenvalue weighted by molar-refractivity contribution is 9.10. The molecule has 4 heteroatoms. The van der Waals surface area contributed by atoms with Crippen molar-refractivity contribution in [3.05, 3.63) is 27.5 Å². The van der Waals surface area contributed by atoms with Crippen LogP contribution in [0.5, 0.6) is 0 Å². The van der Waals surface area contributed by atoms with Gasteiger partial charge in [-0.2, -0.15) is 0 Å². The van der Waals surface area contributed by atoms with Gasteiger partial charge < -0.3 is 5.73 Å². The van der Waals surface area contributed by atoms with Crippen LogP contribution in [0, 0.1) is 0 Å². The van der Waals surface area contributed by atoms with E-state index in [1.165, 1.54) is 0 Å². The second-order valence-corrected chi connectivity index (χ2v) is 3.67. The van der Waals surface area contributed by atoms with Gasteiger partial charge in [0.15, 0.2) is 0 Å². The van der Waals surface area contributed by atoms with Gasteiger partial charge in [-0.1, -0.05) is 18.5 Å². The molecule has 0 aliphatic rings. The maximum Gasteiger partial charge on any atom is 0.143 e. The predicted molar refractivity (Wildman–Crippen MR) is 54.2 cm³/mol. The van der Waals surface area contributed by atoms with Crippen LogP contribution in [0.25, 0.3) is 0 Å². The Labute approximate surface area is 85.3 Å². The summed E-state index contributed by atoms with van der Waals surface area (Å²) in [6.07, 6.45) is 2.55. The highest BCUT2D eigenvalue weighted by atomic mass is 79.9. The van der Waals surface area contributed by atoms with Crippen LogP contribution in [0.3, 0.4) is 0 Å². The molecule has 1 heterocycles. The minimum Gasteiger partial charge on any atom is -0.324 e. The van der Waals surface area contributed by atoms with Crippen LogP contribution in [-0.4, -0.2) is 4.98 Å². The van der Waals surface area contributed by atoms with Gasteiger partial charge in [-0.25, -0.2) is 4.98 Å². The molecule has 1 atom stereocenters. The normalized spacial score (nSPS) is 13.0. The van der Waals surface area contributed by atoms with Crippen LogP contribution in [0.4, 0.5) is 0 Å². The fourth-order valence-corrected chi connectivity index (χ4v) is 1.63. The number of nitrogens with two attached hydrogens (primary N) is 1. The van der Waals surface area contributed by atoms with E-state index in [-0.39, 0.29) is 6.04 Å². The molecule has 0 spiro atoms. The van der Waals surface area contributed by atoms with E-state index in [0.717, 1.165) is 16.5 Å². The lowest BCUT2D eigenvalue weighted by Crippen LogP contribution is -2.09. The Kier molecular flexibility index (Phi) is 3.50. The fraction of sp³-hybridized carbons (Fsp3) is 0.375. The third-order valence-electron chi connectivity index (χ3n) is 1.72. The minimum absolute atomic E-state index is 0.0277. The molecule has 2 nitrogen and oxygen atoms in total. The molecule has 2 N–H and O–H groups in total. The number of nitrogens with zero attached hydrogens (tertiary/aromatic N) is 1. The van der Waals surface area contributed by atoms with Crippen molar-refractivity contribution in [1.29, 1.82) is 0 Å². The Balaban J connectivity index is 3.07. The van der Waals surface area contributed by atoms with Crippen molar-refractivity contribution in [1.82, 2.24) is 4.98 Å². The first-order valence-electron chi connectivity index (χ1n) is 3.72. The number of hydrogen-bond donors (Lipinski definition) is 1. The molecule has 1 rings (SSSR count). The summed E-state index contributed by atoms with van der Waals surface area (Å²) in [5.74, 6) is 0. The second-order valence-electron chi connectivity index (χ2n) is 2.52. The van der Waals surface area contributed by atoms with E-state index in [2.05, 4.69) is 20.9 Å². The average Bonchev–Trinajstić information content (AvgIpc) is 2.08. The molecule has 0 amide bonds. The Hall–Kier alpha value is -0.120. The van der Waals surface area contributed by atoms with Gasteiger partial charge in [0.25, 0.3) is 0 Å². The Morgan fingerprint density at radius 3 is 3.00 bits per heavy atom. The van der Waals surface area contributed by atoms with E-state index in [9.17, 15) is 0 Å². The molecule has 0 saturated heterocycles. The molecule has 0 aliphatic heterocycles. The summed E-state index contributed by atoms with van der Waals surface area (Å²) in [5.41, 5.74) is 6.86. The molecule has 1 unspecified atom stereocenters. The molecular formula is C8H10BrClN2. The van der Waals surface area contributed by atoms with Gasteiger partial charge in [0.2, 0.25) is 0 Å². The average molecular weight is 250 g/mol. The smallest absolute Gasteiger partial charge is 0.143 e. The minimum atomic E-state index is 0.0277. The summed E-state index contributed by atoms with van der Waals surface area (Å²) in [5, 5.41) is 0.469. The Bertz CT molecular complexity index is 278. The van der Waals surface area contributed by atoms with Crippen molar-refractivity contribution in [2.45, 2.75) is 19.4 Å². The Morgan fingerprint density at radius 1 is 1.75 bits per heavy atom. The highest BCUT2D eigenvalue weighted by Gasteiger charge is 2.10. The van der Waals surface area contributed by atoms with E-state index < -0.39 is 0 Å². The zero-order chi connectivity index (χ0) is 9.14. The van der Waals surface area contributed by atoms with Crippen LogP contribution in [0.1, 0.15) is 24.9 Å². The molecular weight excluding hydrogens is 239 g/mol. The third kappa shape index (κ3) is 1.97. The lowest BCUT2D eigenvalue weighted by Gasteiger charge is -2.11. The summed E-state index contributed by atoms with van der Waals surface area (Å²) in [4.78, 5) is 3.92. The van der Waals surface area contributed by atoms with E-state index >= 15 is 0 Å². The van der Waals surface area contributed by atoms with Gasteiger partial charge in [-0.15, -0.1) is 0 Å². The van der Waals surface area contributed by atoms with Gasteiger partial charge in [0.05, 0.1) is 4.47 Å². The van der Waals surface area contributed by atoms with Crippen LogP contribution >= 0.6 is 27.5 Å². The SMILES string of the molecule is CCC(N)c1ccnc(Cl)c1Br. The quantitative estimate of drug-likeness (QED) is 0.819. The largest absolute Gasteiger partial charge is 0.324 e. The first kappa shape index (κ1) is 9.96. The van der Waals surface area contributed by atoms with E-state index in [1.54, 1.807) is 6.20 Å². The molecule has 0 radical (unpaired) electrons. The standard InChI is InChI=1S/C8H10BrClN2/c1-2-6(11)5-3-4-12-8(10)7(5)9/h3-4,6H,2,11H2,1H3. The fourth-order valence-electron chi connectivity index (χ4n) is 0.938. The van der Waals surface area contributed by atoms with Gasteiger partial charge in [-0.3, -0.25) is 0 Å². The van der Waals surface area contributed by atoms with Crippen molar-refractivity contribution in [2.24, 2.45) is 5.73 Å². The summed E-state index contributed by atoms with van der Waals surface area (Å²) in [7, 11) is 0. The van der Waals surface area contributed by atoms with E-state index in [1.807, 2.05) is 13.0 Å². The number of halogens is 2. The van der Waals surface area contributed by atoms with Gasteiger partial charge in [0, 0.05) is 12.2 Å². The van der Waals surface area contributed by atoms with E-state index in [4.69, 9.17) is 17.3 Å². The highest BCUT2D eigenvalue weighted by Crippen LogP contribution is 2.28. The van der Waals surface area contributed by atoms with Gasteiger partial charge in [0.1, 0.15) is 5.15 Å². The monoisotopic (exact) mass is 248 g/mol. The number of aromatic nitrogens is 1. The lowest BCUT2D eigenvalue weighted by molar-refractivity contribution is 0.694. The van der Waals surface area contributed by atoms with Crippen molar-refractivity contribution in [2.75, 3.05) is 0 Å². The van der Waals surface area contributed by atoms with Crippen LogP contribution in [0.2, 0.25) is 5.15 Å². The van der Waals surface area contributed by atoms with Gasteiger partial charge >= 0.3 is 0 Å². The van der Waals surface area contributed by atoms with E-state index in [0.29, 0.717) is 5.15 Å². The maximum absolute atomic E-state index is 5.85. The van der Waals surface area contributed by atoms with Crippen molar-refractivity contribution in [3.63, 3.8) is 0 Å². The van der Waals surface area contributed by atoms with Crippen LogP contribution in [-0.2, 0) is 0 Å². The maximum atomic E-state index is 5.85. The zero-order valence-corrected chi connectivity index (χ0v) is 9.06. The zero-order valence-electron chi connectivity index (χ0n) is 6.72. The first-order valence-corrected chi connectivity index (χ1v) is 4.89.